The van der Waals surface area contributed by atoms with Gasteiger partial charge >= 0.3 is 0 Å². The Morgan fingerprint density at radius 2 is 1.48 bits per heavy atom. The van der Waals surface area contributed by atoms with E-state index in [9.17, 15) is 9.59 Å². The zero-order chi connectivity index (χ0) is 20.5. The maximum Gasteiger partial charge on any atom is 0.248 e. The van der Waals surface area contributed by atoms with Crippen molar-refractivity contribution >= 4 is 23.8 Å². The summed E-state index contributed by atoms with van der Waals surface area (Å²) in [6.45, 7) is 3.88. The van der Waals surface area contributed by atoms with Crippen molar-refractivity contribution in [2.24, 2.45) is 0 Å². The number of nitrogens with one attached hydrogen (secondary N) is 1. The molecule has 3 rings (SSSR count). The molecule has 29 heavy (non-hydrogen) atoms. The summed E-state index contributed by atoms with van der Waals surface area (Å²) >= 11 is 0. The van der Waals surface area contributed by atoms with Gasteiger partial charge in [0.05, 0.1) is 12.2 Å². The zero-order valence-electron chi connectivity index (χ0n) is 16.8. The third-order valence-corrected chi connectivity index (χ3v) is 4.86. The molecule has 0 bridgehead atoms. The van der Waals surface area contributed by atoms with E-state index < -0.39 is 0 Å². The van der Waals surface area contributed by atoms with Gasteiger partial charge in [0, 0.05) is 32.3 Å². The molecular weight excluding hydrogens is 362 g/mol. The lowest BCUT2D eigenvalue weighted by Gasteiger charge is -2.31. The Hall–Kier alpha value is -3.02. The second-order valence-corrected chi connectivity index (χ2v) is 7.20. The predicted molar refractivity (Wildman–Crippen MR) is 117 cm³/mol. The third kappa shape index (κ3) is 6.82. The highest BCUT2D eigenvalue weighted by atomic mass is 16.2. The van der Waals surface area contributed by atoms with Crippen LogP contribution in [-0.2, 0) is 9.59 Å². The van der Waals surface area contributed by atoms with Crippen molar-refractivity contribution in [1.29, 1.82) is 0 Å². The molecule has 1 aliphatic heterocycles. The van der Waals surface area contributed by atoms with Crippen LogP contribution in [0.25, 0.3) is 12.2 Å². The third-order valence-electron chi connectivity index (χ3n) is 4.86. The number of hydrogen-bond acceptors (Lipinski definition) is 4. The number of piperazine rings is 1. The van der Waals surface area contributed by atoms with Crippen LogP contribution in [0.4, 0.5) is 0 Å². The van der Waals surface area contributed by atoms with Crippen LogP contribution in [0.15, 0.2) is 72.4 Å². The molecule has 0 unspecified atom stereocenters. The van der Waals surface area contributed by atoms with Gasteiger partial charge in [0.25, 0.3) is 0 Å². The van der Waals surface area contributed by atoms with Crippen molar-refractivity contribution in [1.82, 2.24) is 15.1 Å². The number of hydrogen-bond donors (Lipinski definition) is 1. The highest BCUT2D eigenvalue weighted by molar-refractivity contribution is 6.06. The van der Waals surface area contributed by atoms with E-state index in [2.05, 4.69) is 22.2 Å². The molecule has 0 aromatic heterocycles. The van der Waals surface area contributed by atoms with Crippen molar-refractivity contribution in [3.8, 4) is 0 Å². The van der Waals surface area contributed by atoms with Crippen LogP contribution in [0.3, 0.4) is 0 Å². The maximum absolute atomic E-state index is 12.9. The summed E-state index contributed by atoms with van der Waals surface area (Å²) < 4.78 is 0. The minimum atomic E-state index is -0.317. The van der Waals surface area contributed by atoms with Crippen LogP contribution in [0.1, 0.15) is 11.1 Å². The number of amides is 1. The molecule has 150 valence electrons. The minimum absolute atomic E-state index is 0.0835. The van der Waals surface area contributed by atoms with Gasteiger partial charge < -0.3 is 10.2 Å². The molecule has 2 aromatic rings. The Morgan fingerprint density at radius 1 is 0.897 bits per heavy atom. The molecule has 0 atom stereocenters. The monoisotopic (exact) mass is 389 g/mol. The van der Waals surface area contributed by atoms with Gasteiger partial charge in [0.2, 0.25) is 5.91 Å². The number of carbonyl (C=O) groups excluding carboxylic acids is 2. The Morgan fingerprint density at radius 3 is 2.10 bits per heavy atom. The molecule has 1 amide bonds. The van der Waals surface area contributed by atoms with E-state index >= 15 is 0 Å². The van der Waals surface area contributed by atoms with Crippen LogP contribution < -0.4 is 5.32 Å². The number of likely N-dealkylation sites (N-methyl/N-ethyl adjacent to an activating group) is 1. The Bertz CT molecular complexity index is 868. The number of benzene rings is 2. The second-order valence-electron chi connectivity index (χ2n) is 7.20. The smallest absolute Gasteiger partial charge is 0.248 e. The average Bonchev–Trinajstić information content (AvgIpc) is 2.75. The minimum Gasteiger partial charge on any atom is -0.319 e. The second kappa shape index (κ2) is 10.5. The van der Waals surface area contributed by atoms with Crippen LogP contribution >= 0.6 is 0 Å². The molecule has 0 radical (unpaired) electrons. The molecule has 1 saturated heterocycles. The van der Waals surface area contributed by atoms with Gasteiger partial charge in [-0.2, -0.15) is 0 Å². The van der Waals surface area contributed by atoms with Crippen molar-refractivity contribution in [3.63, 3.8) is 0 Å². The van der Waals surface area contributed by atoms with Gasteiger partial charge in [-0.1, -0.05) is 60.7 Å². The lowest BCUT2D eigenvalue weighted by Crippen LogP contribution is -2.47. The van der Waals surface area contributed by atoms with Gasteiger partial charge in [-0.25, -0.2) is 0 Å². The van der Waals surface area contributed by atoms with Crippen LogP contribution in [-0.4, -0.2) is 61.3 Å². The van der Waals surface area contributed by atoms with Crippen molar-refractivity contribution in [2.75, 3.05) is 39.8 Å². The van der Waals surface area contributed by atoms with Crippen molar-refractivity contribution in [3.05, 3.63) is 83.6 Å². The summed E-state index contributed by atoms with van der Waals surface area (Å²) in [5.74, 6) is -0.400. The number of Topliss-reactive ketones (excluding diaryl/α,β-unsaturated/α-hetero) is 1. The van der Waals surface area contributed by atoms with E-state index in [1.54, 1.807) is 12.2 Å². The molecule has 0 saturated carbocycles. The summed E-state index contributed by atoms with van der Waals surface area (Å²) in [6.07, 6.45) is 4.93. The van der Waals surface area contributed by atoms with Gasteiger partial charge in [-0.3, -0.25) is 14.5 Å². The van der Waals surface area contributed by atoms with Gasteiger partial charge in [0.15, 0.2) is 5.78 Å². The first-order valence-electron chi connectivity index (χ1n) is 9.85. The fourth-order valence-electron chi connectivity index (χ4n) is 3.11. The molecule has 1 aliphatic rings. The van der Waals surface area contributed by atoms with Crippen LogP contribution in [0.2, 0.25) is 0 Å². The van der Waals surface area contributed by atoms with E-state index in [0.29, 0.717) is 12.2 Å². The summed E-state index contributed by atoms with van der Waals surface area (Å²) in [6, 6.07) is 19.2. The first-order chi connectivity index (χ1) is 14.1. The van der Waals surface area contributed by atoms with Gasteiger partial charge in [0.1, 0.15) is 0 Å². The molecule has 1 fully saturated rings. The summed E-state index contributed by atoms with van der Waals surface area (Å²) in [7, 11) is 2.08. The highest BCUT2D eigenvalue weighted by Crippen LogP contribution is 2.08. The number of rotatable bonds is 7. The molecule has 1 N–H and O–H groups in total. The highest BCUT2D eigenvalue weighted by Gasteiger charge is 2.19. The summed E-state index contributed by atoms with van der Waals surface area (Å²) in [5.41, 5.74) is 2.12. The fraction of sp³-hybridized carbons (Fsp3) is 0.250. The first-order valence-corrected chi connectivity index (χ1v) is 9.85. The molecule has 0 aliphatic carbocycles. The summed E-state index contributed by atoms with van der Waals surface area (Å²) in [5, 5.41) is 2.78. The topological polar surface area (TPSA) is 52.6 Å². The zero-order valence-corrected chi connectivity index (χ0v) is 16.8. The van der Waals surface area contributed by atoms with E-state index in [0.717, 1.165) is 37.3 Å². The maximum atomic E-state index is 12.9. The molecule has 1 heterocycles. The summed E-state index contributed by atoms with van der Waals surface area (Å²) in [4.78, 5) is 29.8. The van der Waals surface area contributed by atoms with Crippen molar-refractivity contribution in [2.45, 2.75) is 0 Å². The molecule has 5 nitrogen and oxygen atoms in total. The molecule has 2 aromatic carbocycles. The van der Waals surface area contributed by atoms with Crippen LogP contribution in [0, 0.1) is 0 Å². The van der Waals surface area contributed by atoms with Gasteiger partial charge in [-0.05, 0) is 30.3 Å². The Balaban J connectivity index is 1.70. The number of nitrogens with zero attached hydrogens (tertiary/aromatic N) is 2. The molecule has 5 heteroatoms. The number of ketones is 1. The quantitative estimate of drug-likeness (QED) is 0.740. The van der Waals surface area contributed by atoms with E-state index in [1.165, 1.54) is 6.08 Å². The van der Waals surface area contributed by atoms with E-state index in [-0.39, 0.29) is 11.7 Å². The lowest BCUT2D eigenvalue weighted by molar-refractivity contribution is -0.120. The SMILES string of the molecule is CN1CCN(CC(=O)/C(=C/c2ccccc2)NC(=O)/C=C/c2ccccc2)CC1. The van der Waals surface area contributed by atoms with Crippen LogP contribution in [0.5, 0.6) is 0 Å². The normalized spacial score (nSPS) is 16.1. The Kier molecular flexibility index (Phi) is 7.50. The largest absolute Gasteiger partial charge is 0.319 e. The Labute approximate surface area is 172 Å². The molecular formula is C24H27N3O2. The lowest BCUT2D eigenvalue weighted by atomic mass is 10.1. The standard InChI is InChI=1S/C24H27N3O2/c1-26-14-16-27(17-15-26)19-23(28)22(18-21-10-6-3-7-11-21)25-24(29)13-12-20-8-4-2-5-9-20/h2-13,18H,14-17,19H2,1H3,(H,25,29)/b13-12+,22-18-. The van der Waals surface area contributed by atoms with E-state index in [4.69, 9.17) is 0 Å². The molecule has 0 spiro atoms. The van der Waals surface area contributed by atoms with Gasteiger partial charge in [-0.15, -0.1) is 0 Å². The number of carbonyl (C=O) groups is 2. The van der Waals surface area contributed by atoms with Crippen molar-refractivity contribution < 1.29 is 9.59 Å². The predicted octanol–water partition coefficient (Wildman–Crippen LogP) is 2.67. The fourth-order valence-corrected chi connectivity index (χ4v) is 3.11. The average molecular weight is 389 g/mol. The van der Waals surface area contributed by atoms with E-state index in [1.807, 2.05) is 60.7 Å². The first kappa shape index (κ1) is 20.7.